The molecule has 11 heavy (non-hydrogen) atoms. The van der Waals surface area contributed by atoms with Gasteiger partial charge in [0, 0.05) is 13.1 Å². The molecule has 0 radical (unpaired) electrons. The normalized spacial score (nSPS) is 21.8. The summed E-state index contributed by atoms with van der Waals surface area (Å²) >= 11 is 0. The molecule has 1 fully saturated rings. The maximum Gasteiger partial charge on any atom is 0.0827 e. The van der Waals surface area contributed by atoms with Gasteiger partial charge in [0.25, 0.3) is 0 Å². The van der Waals surface area contributed by atoms with Crippen molar-refractivity contribution in [3.63, 3.8) is 0 Å². The Kier molecular flexibility index (Phi) is 3.34. The van der Waals surface area contributed by atoms with E-state index in [9.17, 15) is 0 Å². The van der Waals surface area contributed by atoms with E-state index in [2.05, 4.69) is 26.1 Å². The van der Waals surface area contributed by atoms with Gasteiger partial charge in [0.2, 0.25) is 0 Å². The Balaban J connectivity index is 2.04. The molecule has 1 aliphatic rings. The molecule has 0 aromatic heterocycles. The van der Waals surface area contributed by atoms with Crippen molar-refractivity contribution in [1.82, 2.24) is 5.32 Å². The molecule has 1 unspecified atom stereocenters. The van der Waals surface area contributed by atoms with Gasteiger partial charge in [0.15, 0.2) is 0 Å². The smallest absolute Gasteiger partial charge is 0.0827 e. The first kappa shape index (κ1) is 9.01. The highest BCUT2D eigenvalue weighted by Crippen LogP contribution is 2.11. The fourth-order valence-corrected chi connectivity index (χ4v) is 1.41. The molecule has 0 saturated carbocycles. The van der Waals surface area contributed by atoms with Gasteiger partial charge in [-0.25, -0.2) is 0 Å². The number of hydrogen-bond donors (Lipinski definition) is 1. The van der Waals surface area contributed by atoms with Crippen LogP contribution < -0.4 is 5.32 Å². The van der Waals surface area contributed by atoms with Crippen molar-refractivity contribution in [3.8, 4) is 0 Å². The first-order valence-corrected chi connectivity index (χ1v) is 4.54. The zero-order chi connectivity index (χ0) is 8.27. The summed E-state index contributed by atoms with van der Waals surface area (Å²) in [5, 5.41) is 3.19. The summed E-state index contributed by atoms with van der Waals surface area (Å²) in [5.41, 5.74) is 0. The van der Waals surface area contributed by atoms with Gasteiger partial charge < -0.3 is 10.1 Å². The maximum atomic E-state index is 5.73. The summed E-state index contributed by atoms with van der Waals surface area (Å²) in [6.07, 6.45) is 2.10. The second-order valence-electron chi connectivity index (χ2n) is 3.86. The quantitative estimate of drug-likeness (QED) is 0.666. The van der Waals surface area contributed by atoms with Gasteiger partial charge >= 0.3 is 0 Å². The molecule has 66 valence electrons. The lowest BCUT2D eigenvalue weighted by atomic mass is 10.1. The molecule has 0 aliphatic carbocycles. The van der Waals surface area contributed by atoms with Crippen molar-refractivity contribution in [3.05, 3.63) is 0 Å². The molecule has 1 N–H and O–H groups in total. The molecule has 1 atom stereocenters. The zero-order valence-corrected chi connectivity index (χ0v) is 7.76. The zero-order valence-electron chi connectivity index (χ0n) is 7.76. The van der Waals surface area contributed by atoms with Crippen LogP contribution in [-0.4, -0.2) is 25.3 Å². The van der Waals surface area contributed by atoms with E-state index in [1.807, 2.05) is 0 Å². The third-order valence-electron chi connectivity index (χ3n) is 1.97. The molecule has 0 amide bonds. The Bertz CT molecular complexity index is 110. The van der Waals surface area contributed by atoms with Gasteiger partial charge in [-0.15, -0.1) is 0 Å². The molecular weight excluding hydrogens is 138 g/mol. The molecule has 1 aliphatic heterocycles. The van der Waals surface area contributed by atoms with Gasteiger partial charge in [0.1, 0.15) is 0 Å². The van der Waals surface area contributed by atoms with Crippen LogP contribution in [0, 0.1) is 5.92 Å². The number of hydrogen-bond acceptors (Lipinski definition) is 2. The molecule has 0 spiro atoms. The third kappa shape index (κ3) is 3.21. The van der Waals surface area contributed by atoms with Crippen molar-refractivity contribution in [1.29, 1.82) is 0 Å². The lowest BCUT2D eigenvalue weighted by Gasteiger charge is -2.30. The van der Waals surface area contributed by atoms with Crippen LogP contribution in [0.3, 0.4) is 0 Å². The van der Waals surface area contributed by atoms with Crippen LogP contribution >= 0.6 is 0 Å². The Morgan fingerprint density at radius 1 is 1.36 bits per heavy atom. The molecule has 2 heteroatoms. The van der Waals surface area contributed by atoms with Crippen LogP contribution in [0.1, 0.15) is 27.2 Å². The van der Waals surface area contributed by atoms with Gasteiger partial charge in [-0.05, 0) is 19.3 Å². The fourth-order valence-electron chi connectivity index (χ4n) is 1.41. The van der Waals surface area contributed by atoms with Crippen molar-refractivity contribution >= 4 is 0 Å². The molecule has 0 bridgehead atoms. The topological polar surface area (TPSA) is 21.3 Å². The second kappa shape index (κ2) is 4.07. The van der Waals surface area contributed by atoms with Gasteiger partial charge in [-0.2, -0.15) is 0 Å². The van der Waals surface area contributed by atoms with Crippen molar-refractivity contribution < 1.29 is 4.74 Å². The van der Waals surface area contributed by atoms with Crippen LogP contribution in [0.5, 0.6) is 0 Å². The van der Waals surface area contributed by atoms with E-state index in [0.29, 0.717) is 12.2 Å². The molecular formula is C9H19NO. The lowest BCUT2D eigenvalue weighted by Crippen LogP contribution is -2.49. The van der Waals surface area contributed by atoms with Crippen molar-refractivity contribution in [2.45, 2.75) is 39.4 Å². The van der Waals surface area contributed by atoms with Gasteiger partial charge in [-0.1, -0.05) is 13.8 Å². The van der Waals surface area contributed by atoms with Crippen LogP contribution in [0.2, 0.25) is 0 Å². The predicted molar refractivity (Wildman–Crippen MR) is 46.7 cm³/mol. The fraction of sp³-hybridized carbons (Fsp3) is 1.00. The highest BCUT2D eigenvalue weighted by atomic mass is 16.5. The van der Waals surface area contributed by atoms with E-state index in [1.54, 1.807) is 0 Å². The van der Waals surface area contributed by atoms with E-state index in [-0.39, 0.29) is 0 Å². The molecule has 1 rings (SSSR count). The Morgan fingerprint density at radius 3 is 2.36 bits per heavy atom. The van der Waals surface area contributed by atoms with E-state index in [4.69, 9.17) is 4.74 Å². The SMILES string of the molecule is CC(C)CC(C)OC1CNC1. The summed E-state index contributed by atoms with van der Waals surface area (Å²) in [7, 11) is 0. The van der Waals surface area contributed by atoms with Gasteiger partial charge in [-0.3, -0.25) is 0 Å². The summed E-state index contributed by atoms with van der Waals surface area (Å²) in [6.45, 7) is 8.72. The van der Waals surface area contributed by atoms with E-state index < -0.39 is 0 Å². The number of ether oxygens (including phenoxy) is 1. The van der Waals surface area contributed by atoms with Crippen LogP contribution in [0.25, 0.3) is 0 Å². The molecule has 1 saturated heterocycles. The number of nitrogens with one attached hydrogen (secondary N) is 1. The minimum absolute atomic E-state index is 0.432. The van der Waals surface area contributed by atoms with E-state index in [0.717, 1.165) is 19.0 Å². The maximum absolute atomic E-state index is 5.73. The average Bonchev–Trinajstić information content (AvgIpc) is 1.77. The summed E-state index contributed by atoms with van der Waals surface area (Å²) in [6, 6.07) is 0. The first-order valence-electron chi connectivity index (χ1n) is 4.54. The molecule has 0 aromatic carbocycles. The van der Waals surface area contributed by atoms with Gasteiger partial charge in [0.05, 0.1) is 12.2 Å². The Hall–Kier alpha value is -0.0800. The first-order chi connectivity index (χ1) is 5.18. The minimum atomic E-state index is 0.432. The van der Waals surface area contributed by atoms with E-state index >= 15 is 0 Å². The largest absolute Gasteiger partial charge is 0.373 e. The monoisotopic (exact) mass is 157 g/mol. The molecule has 1 heterocycles. The Labute approximate surface area is 69.3 Å². The summed E-state index contributed by atoms with van der Waals surface area (Å²) in [4.78, 5) is 0. The van der Waals surface area contributed by atoms with Crippen LogP contribution in [-0.2, 0) is 4.74 Å². The summed E-state index contributed by atoms with van der Waals surface area (Å²) in [5.74, 6) is 0.748. The van der Waals surface area contributed by atoms with Crippen LogP contribution in [0.15, 0.2) is 0 Å². The molecule has 2 nitrogen and oxygen atoms in total. The highest BCUT2D eigenvalue weighted by Gasteiger charge is 2.19. The van der Waals surface area contributed by atoms with E-state index in [1.165, 1.54) is 6.42 Å². The van der Waals surface area contributed by atoms with Crippen molar-refractivity contribution in [2.24, 2.45) is 5.92 Å². The standard InChI is InChI=1S/C9H19NO/c1-7(2)4-8(3)11-9-5-10-6-9/h7-10H,4-6H2,1-3H3. The van der Waals surface area contributed by atoms with Crippen molar-refractivity contribution in [2.75, 3.05) is 13.1 Å². The predicted octanol–water partition coefficient (Wildman–Crippen LogP) is 1.41. The molecule has 0 aromatic rings. The third-order valence-corrected chi connectivity index (χ3v) is 1.97. The number of rotatable bonds is 4. The minimum Gasteiger partial charge on any atom is -0.373 e. The Morgan fingerprint density at radius 2 is 2.00 bits per heavy atom. The highest BCUT2D eigenvalue weighted by molar-refractivity contribution is 4.76. The summed E-state index contributed by atoms with van der Waals surface area (Å²) < 4.78 is 5.73. The lowest BCUT2D eigenvalue weighted by molar-refractivity contribution is -0.0365. The van der Waals surface area contributed by atoms with Crippen LogP contribution in [0.4, 0.5) is 0 Å². The second-order valence-corrected chi connectivity index (χ2v) is 3.86. The average molecular weight is 157 g/mol.